The van der Waals surface area contributed by atoms with Crippen LogP contribution in [0.2, 0.25) is 5.02 Å². The van der Waals surface area contributed by atoms with Gasteiger partial charge in [-0.25, -0.2) is 4.98 Å². The van der Waals surface area contributed by atoms with Gasteiger partial charge in [0.05, 0.1) is 16.3 Å². The van der Waals surface area contributed by atoms with Gasteiger partial charge in [-0.1, -0.05) is 24.6 Å². The standard InChI is InChI=1S/C35H34ClF3N8O5/c1-19-17-34(9-14-45(15-10-34)32(52)28-25(49)4-3-11-40-28)27-29(19)46(18-26(50)41-24-6-5-22(16-23(24)36)35(37,38)39)33-42-30(43-47(33)31(27)51)21-7-12-44(13-8-21)20(2)48/h3-7,11,16,19,49H,8-10,12-15,17-18H2,1-2H3,(H,41,50). The first-order valence-corrected chi connectivity index (χ1v) is 17.1. The predicted octanol–water partition coefficient (Wildman–Crippen LogP) is 4.62. The van der Waals surface area contributed by atoms with E-state index in [9.17, 15) is 37.5 Å². The maximum absolute atomic E-state index is 14.5. The lowest BCUT2D eigenvalue weighted by atomic mass is 9.73. The van der Waals surface area contributed by atoms with Crippen LogP contribution in [0.1, 0.15) is 78.6 Å². The van der Waals surface area contributed by atoms with Gasteiger partial charge < -0.3 is 24.8 Å². The quantitative estimate of drug-likeness (QED) is 0.301. The lowest BCUT2D eigenvalue weighted by Gasteiger charge is -2.39. The fourth-order valence-electron chi connectivity index (χ4n) is 7.75. The van der Waals surface area contributed by atoms with E-state index in [1.165, 1.54) is 29.8 Å². The summed E-state index contributed by atoms with van der Waals surface area (Å²) in [5.74, 6) is -1.16. The second-order valence-corrected chi connectivity index (χ2v) is 13.9. The third-order valence-corrected chi connectivity index (χ3v) is 10.6. The molecule has 272 valence electrons. The molecule has 1 spiro atoms. The van der Waals surface area contributed by atoms with Crippen molar-refractivity contribution in [2.75, 3.05) is 31.5 Å². The molecule has 3 aromatic heterocycles. The Labute approximate surface area is 299 Å². The van der Waals surface area contributed by atoms with Gasteiger partial charge in [0.2, 0.25) is 17.6 Å². The van der Waals surface area contributed by atoms with E-state index in [-0.39, 0.29) is 70.8 Å². The van der Waals surface area contributed by atoms with E-state index in [0.29, 0.717) is 50.0 Å². The van der Waals surface area contributed by atoms with Crippen molar-refractivity contribution < 1.29 is 32.7 Å². The van der Waals surface area contributed by atoms with Crippen molar-refractivity contribution in [1.29, 1.82) is 0 Å². The van der Waals surface area contributed by atoms with Crippen LogP contribution in [0, 0.1) is 0 Å². The molecule has 5 heterocycles. The summed E-state index contributed by atoms with van der Waals surface area (Å²) < 4.78 is 42.6. The van der Waals surface area contributed by atoms with Crippen molar-refractivity contribution in [2.45, 2.75) is 63.6 Å². The molecule has 2 N–H and O–H groups in total. The number of nitrogens with zero attached hydrogens (tertiary/aromatic N) is 7. The van der Waals surface area contributed by atoms with E-state index in [4.69, 9.17) is 16.6 Å². The monoisotopic (exact) mass is 738 g/mol. The molecular formula is C35H34ClF3N8O5. The molecule has 3 aliphatic rings. The first kappa shape index (κ1) is 35.2. The van der Waals surface area contributed by atoms with Gasteiger partial charge in [-0.15, -0.1) is 5.10 Å². The molecule has 1 atom stereocenters. The normalized spacial score (nSPS) is 18.4. The number of anilines is 1. The van der Waals surface area contributed by atoms with Crippen molar-refractivity contribution in [2.24, 2.45) is 0 Å². The number of benzene rings is 1. The van der Waals surface area contributed by atoms with Gasteiger partial charge >= 0.3 is 6.18 Å². The molecule has 4 aromatic rings. The maximum atomic E-state index is 14.5. The summed E-state index contributed by atoms with van der Waals surface area (Å²) in [5, 5.41) is 17.2. The number of amides is 3. The lowest BCUT2D eigenvalue weighted by molar-refractivity contribution is -0.137. The van der Waals surface area contributed by atoms with Gasteiger partial charge in [0.25, 0.3) is 11.5 Å². The molecule has 17 heteroatoms. The van der Waals surface area contributed by atoms with E-state index >= 15 is 0 Å². The highest BCUT2D eigenvalue weighted by Crippen LogP contribution is 2.50. The molecule has 3 amide bonds. The Morgan fingerprint density at radius 2 is 1.87 bits per heavy atom. The SMILES string of the molecule is CC(=O)N1CC=C(c2nc3n(CC(=O)Nc4ccc(C(F)(F)F)cc4Cl)c4c(c(=O)n3n2)C2(CCN(C(=O)c3ncccc3O)CC2)CC4C)CC1. The van der Waals surface area contributed by atoms with Crippen molar-refractivity contribution in [3.63, 3.8) is 0 Å². The maximum Gasteiger partial charge on any atom is 0.416 e. The van der Waals surface area contributed by atoms with Crippen LogP contribution in [-0.2, 0) is 27.7 Å². The zero-order chi connectivity index (χ0) is 37.1. The Morgan fingerprint density at radius 3 is 2.50 bits per heavy atom. The molecule has 1 aromatic carbocycles. The van der Waals surface area contributed by atoms with E-state index in [2.05, 4.69) is 15.4 Å². The summed E-state index contributed by atoms with van der Waals surface area (Å²) in [5.41, 5.74) is -0.293. The average molecular weight is 739 g/mol. The molecule has 7 rings (SSSR count). The van der Waals surface area contributed by atoms with Gasteiger partial charge in [-0.3, -0.25) is 19.2 Å². The Kier molecular flexibility index (Phi) is 8.83. The number of aromatic nitrogens is 5. The molecular weight excluding hydrogens is 705 g/mol. The fraction of sp³-hybridized carbons (Fsp3) is 0.400. The van der Waals surface area contributed by atoms with Gasteiger partial charge in [0, 0.05) is 56.0 Å². The van der Waals surface area contributed by atoms with Crippen LogP contribution in [0.5, 0.6) is 5.75 Å². The minimum absolute atomic E-state index is 0.0154. The molecule has 1 fully saturated rings. The van der Waals surface area contributed by atoms with Crippen molar-refractivity contribution in [1.82, 2.24) is 33.9 Å². The van der Waals surface area contributed by atoms with E-state index in [0.717, 1.165) is 23.8 Å². The number of alkyl halides is 3. The summed E-state index contributed by atoms with van der Waals surface area (Å²) in [4.78, 5) is 65.4. The molecule has 1 unspecified atom stereocenters. The smallest absolute Gasteiger partial charge is 0.416 e. The largest absolute Gasteiger partial charge is 0.505 e. The Bertz CT molecular complexity index is 2220. The zero-order valence-electron chi connectivity index (χ0n) is 28.2. The van der Waals surface area contributed by atoms with Crippen LogP contribution in [0.25, 0.3) is 11.4 Å². The number of halogens is 4. The molecule has 1 aliphatic carbocycles. The molecule has 0 radical (unpaired) electrons. The van der Waals surface area contributed by atoms with Crippen molar-refractivity contribution in [3.8, 4) is 5.75 Å². The lowest BCUT2D eigenvalue weighted by Crippen LogP contribution is -2.46. The molecule has 1 saturated heterocycles. The van der Waals surface area contributed by atoms with Crippen LogP contribution in [0.4, 0.5) is 18.9 Å². The molecule has 2 aliphatic heterocycles. The number of fused-ring (bicyclic) bond motifs is 3. The average Bonchev–Trinajstić information content (AvgIpc) is 3.67. The van der Waals surface area contributed by atoms with Crippen LogP contribution in [-0.4, -0.2) is 83.0 Å². The number of hydrogen-bond acceptors (Lipinski definition) is 8. The number of nitrogens with one attached hydrogen (secondary N) is 1. The Morgan fingerprint density at radius 1 is 1.12 bits per heavy atom. The van der Waals surface area contributed by atoms with Gasteiger partial charge in [-0.05, 0) is 67.5 Å². The summed E-state index contributed by atoms with van der Waals surface area (Å²) in [6.45, 7) is 4.44. The summed E-state index contributed by atoms with van der Waals surface area (Å²) in [6.07, 6.45) is 0.486. The third kappa shape index (κ3) is 6.18. The van der Waals surface area contributed by atoms with E-state index in [1.807, 2.05) is 13.0 Å². The number of rotatable bonds is 5. The molecule has 52 heavy (non-hydrogen) atoms. The van der Waals surface area contributed by atoms with Gasteiger partial charge in [-0.2, -0.15) is 22.7 Å². The number of aromatic hydroxyl groups is 1. The van der Waals surface area contributed by atoms with Crippen LogP contribution >= 0.6 is 11.6 Å². The van der Waals surface area contributed by atoms with E-state index in [1.54, 1.807) is 14.4 Å². The topological polar surface area (TPSA) is 155 Å². The van der Waals surface area contributed by atoms with Crippen LogP contribution < -0.4 is 10.9 Å². The number of carbonyl (C=O) groups excluding carboxylic acids is 3. The summed E-state index contributed by atoms with van der Waals surface area (Å²) >= 11 is 6.15. The second-order valence-electron chi connectivity index (χ2n) is 13.5. The minimum Gasteiger partial charge on any atom is -0.505 e. The highest BCUT2D eigenvalue weighted by Gasteiger charge is 2.49. The highest BCUT2D eigenvalue weighted by atomic mass is 35.5. The van der Waals surface area contributed by atoms with Crippen molar-refractivity contribution in [3.05, 3.63) is 86.3 Å². The third-order valence-electron chi connectivity index (χ3n) is 10.3. The summed E-state index contributed by atoms with van der Waals surface area (Å²) in [6, 6.07) is 5.57. The van der Waals surface area contributed by atoms with Crippen LogP contribution in [0.3, 0.4) is 0 Å². The number of carbonyl (C=O) groups is 3. The zero-order valence-corrected chi connectivity index (χ0v) is 29.0. The predicted molar refractivity (Wildman–Crippen MR) is 183 cm³/mol. The second kappa shape index (κ2) is 13.1. The number of hydrogen-bond donors (Lipinski definition) is 2. The van der Waals surface area contributed by atoms with E-state index < -0.39 is 29.0 Å². The minimum atomic E-state index is -4.62. The Hall–Kier alpha value is -5.25. The first-order valence-electron chi connectivity index (χ1n) is 16.8. The number of likely N-dealkylation sites (tertiary alicyclic amines) is 1. The molecule has 0 bridgehead atoms. The summed E-state index contributed by atoms with van der Waals surface area (Å²) in [7, 11) is 0. The van der Waals surface area contributed by atoms with Gasteiger partial charge in [0.1, 0.15) is 12.3 Å². The van der Waals surface area contributed by atoms with Crippen molar-refractivity contribution >= 4 is 46.4 Å². The van der Waals surface area contributed by atoms with Crippen LogP contribution in [0.15, 0.2) is 47.4 Å². The molecule has 13 nitrogen and oxygen atoms in total. The first-order chi connectivity index (χ1) is 24.7. The number of piperidine rings is 1. The Balaban J connectivity index is 1.27. The highest BCUT2D eigenvalue weighted by molar-refractivity contribution is 6.33. The molecule has 0 saturated carbocycles. The van der Waals surface area contributed by atoms with Gasteiger partial charge in [0.15, 0.2) is 11.5 Å². The fourth-order valence-corrected chi connectivity index (χ4v) is 7.98. The number of pyridine rings is 1.